The van der Waals surface area contributed by atoms with Gasteiger partial charge in [0.15, 0.2) is 5.13 Å². The third-order valence-electron chi connectivity index (χ3n) is 4.83. The standard InChI is InChI=1S/C23H20ClN3O2S/c1-15-19(24)10-11-20-22(15)26-23(30-20)27(14-17-5-3-4-12-25-17)21(28)13-16-6-8-18(29-2)9-7-16/h3-12H,13-14H2,1-2H3. The zero-order valence-electron chi connectivity index (χ0n) is 16.6. The molecule has 5 nitrogen and oxygen atoms in total. The van der Waals surface area contributed by atoms with E-state index in [0.29, 0.717) is 16.7 Å². The molecule has 4 aromatic rings. The van der Waals surface area contributed by atoms with Crippen LogP contribution in [0.1, 0.15) is 16.8 Å². The molecule has 2 heterocycles. The van der Waals surface area contributed by atoms with Gasteiger partial charge in [0.25, 0.3) is 0 Å². The number of fused-ring (bicyclic) bond motifs is 1. The number of pyridine rings is 1. The highest BCUT2D eigenvalue weighted by Gasteiger charge is 2.22. The second kappa shape index (κ2) is 8.81. The lowest BCUT2D eigenvalue weighted by Gasteiger charge is -2.19. The van der Waals surface area contributed by atoms with Crippen LogP contribution in [0.4, 0.5) is 5.13 Å². The summed E-state index contributed by atoms with van der Waals surface area (Å²) >= 11 is 7.74. The summed E-state index contributed by atoms with van der Waals surface area (Å²) in [7, 11) is 1.62. The van der Waals surface area contributed by atoms with Crippen molar-refractivity contribution in [1.82, 2.24) is 9.97 Å². The van der Waals surface area contributed by atoms with Gasteiger partial charge in [-0.3, -0.25) is 14.7 Å². The Morgan fingerprint density at radius 2 is 1.93 bits per heavy atom. The van der Waals surface area contributed by atoms with Crippen molar-refractivity contribution in [3.8, 4) is 5.75 Å². The number of benzene rings is 2. The molecule has 4 rings (SSSR count). The number of ether oxygens (including phenoxy) is 1. The normalized spacial score (nSPS) is 10.9. The third-order valence-corrected chi connectivity index (χ3v) is 6.28. The molecular formula is C23H20ClN3O2S. The summed E-state index contributed by atoms with van der Waals surface area (Å²) < 4.78 is 6.20. The second-order valence-electron chi connectivity index (χ2n) is 6.84. The summed E-state index contributed by atoms with van der Waals surface area (Å²) in [6.07, 6.45) is 1.98. The Kier molecular flexibility index (Phi) is 5.97. The maximum atomic E-state index is 13.3. The predicted octanol–water partition coefficient (Wildman–Crippen LogP) is 5.44. The van der Waals surface area contributed by atoms with Gasteiger partial charge >= 0.3 is 0 Å². The van der Waals surface area contributed by atoms with E-state index in [0.717, 1.165) is 32.8 Å². The molecule has 0 aliphatic heterocycles. The molecule has 0 spiro atoms. The van der Waals surface area contributed by atoms with Crippen molar-refractivity contribution in [3.05, 3.63) is 82.6 Å². The van der Waals surface area contributed by atoms with E-state index in [4.69, 9.17) is 21.3 Å². The number of carbonyl (C=O) groups is 1. The highest BCUT2D eigenvalue weighted by atomic mass is 35.5. The Morgan fingerprint density at radius 3 is 2.63 bits per heavy atom. The minimum absolute atomic E-state index is 0.0476. The van der Waals surface area contributed by atoms with Gasteiger partial charge in [0.1, 0.15) is 5.75 Å². The van der Waals surface area contributed by atoms with Crippen LogP contribution in [0.15, 0.2) is 60.8 Å². The minimum atomic E-state index is -0.0476. The van der Waals surface area contributed by atoms with E-state index in [9.17, 15) is 4.79 Å². The van der Waals surface area contributed by atoms with Crippen molar-refractivity contribution >= 4 is 44.2 Å². The maximum Gasteiger partial charge on any atom is 0.233 e. The molecule has 0 radical (unpaired) electrons. The number of aromatic nitrogens is 2. The minimum Gasteiger partial charge on any atom is -0.497 e. The zero-order chi connectivity index (χ0) is 21.1. The molecule has 1 amide bonds. The number of amides is 1. The van der Waals surface area contributed by atoms with Crippen LogP contribution in [0.25, 0.3) is 10.2 Å². The summed E-state index contributed by atoms with van der Waals surface area (Å²) in [6, 6.07) is 17.0. The first kappa shape index (κ1) is 20.3. The van der Waals surface area contributed by atoms with Gasteiger partial charge in [0.2, 0.25) is 5.91 Å². The van der Waals surface area contributed by atoms with E-state index >= 15 is 0 Å². The van der Waals surface area contributed by atoms with Gasteiger partial charge in [-0.2, -0.15) is 0 Å². The summed E-state index contributed by atoms with van der Waals surface area (Å²) in [5.41, 5.74) is 3.45. The van der Waals surface area contributed by atoms with E-state index in [1.54, 1.807) is 18.2 Å². The SMILES string of the molecule is COc1ccc(CC(=O)N(Cc2ccccn2)c2nc3c(C)c(Cl)ccc3s2)cc1. The van der Waals surface area contributed by atoms with Crippen molar-refractivity contribution in [2.24, 2.45) is 0 Å². The van der Waals surface area contributed by atoms with Crippen LogP contribution in [0.5, 0.6) is 5.75 Å². The molecule has 30 heavy (non-hydrogen) atoms. The van der Waals surface area contributed by atoms with E-state index in [1.165, 1.54) is 11.3 Å². The highest BCUT2D eigenvalue weighted by Crippen LogP contribution is 2.34. The Labute approximate surface area is 183 Å². The lowest BCUT2D eigenvalue weighted by atomic mass is 10.1. The Hall–Kier alpha value is -2.96. The number of nitrogens with zero attached hydrogens (tertiary/aromatic N) is 3. The van der Waals surface area contributed by atoms with Crippen molar-refractivity contribution in [1.29, 1.82) is 0 Å². The molecule has 0 saturated carbocycles. The van der Waals surface area contributed by atoms with Gasteiger partial charge in [-0.25, -0.2) is 4.98 Å². The summed E-state index contributed by atoms with van der Waals surface area (Å²) in [5, 5.41) is 1.31. The number of anilines is 1. The fourth-order valence-electron chi connectivity index (χ4n) is 3.13. The van der Waals surface area contributed by atoms with Gasteiger partial charge in [-0.05, 0) is 54.4 Å². The molecule has 2 aromatic carbocycles. The van der Waals surface area contributed by atoms with Crippen LogP contribution in [-0.4, -0.2) is 23.0 Å². The maximum absolute atomic E-state index is 13.3. The number of rotatable bonds is 6. The molecule has 0 atom stereocenters. The van der Waals surface area contributed by atoms with Crippen LogP contribution in [0, 0.1) is 6.92 Å². The number of halogens is 1. The fourth-order valence-corrected chi connectivity index (χ4v) is 4.33. The lowest BCUT2D eigenvalue weighted by molar-refractivity contribution is -0.118. The first-order valence-electron chi connectivity index (χ1n) is 9.44. The van der Waals surface area contributed by atoms with Crippen molar-refractivity contribution in [2.45, 2.75) is 19.9 Å². The monoisotopic (exact) mass is 437 g/mol. The number of methoxy groups -OCH3 is 1. The number of thiazole rings is 1. The van der Waals surface area contributed by atoms with Gasteiger partial charge in [-0.1, -0.05) is 41.1 Å². The molecule has 7 heteroatoms. The first-order valence-corrected chi connectivity index (χ1v) is 10.6. The summed E-state index contributed by atoms with van der Waals surface area (Å²) in [5.74, 6) is 0.712. The Morgan fingerprint density at radius 1 is 1.13 bits per heavy atom. The molecule has 0 aliphatic carbocycles. The third kappa shape index (κ3) is 4.30. The Balaban J connectivity index is 1.68. The fraction of sp³-hybridized carbons (Fsp3) is 0.174. The van der Waals surface area contributed by atoms with Gasteiger partial charge in [-0.15, -0.1) is 0 Å². The average Bonchev–Trinajstić information content (AvgIpc) is 3.20. The van der Waals surface area contributed by atoms with Gasteiger partial charge in [0, 0.05) is 11.2 Å². The van der Waals surface area contributed by atoms with Crippen LogP contribution in [-0.2, 0) is 17.8 Å². The summed E-state index contributed by atoms with van der Waals surface area (Å²) in [4.78, 5) is 24.1. The molecule has 0 saturated heterocycles. The lowest BCUT2D eigenvalue weighted by Crippen LogP contribution is -2.32. The van der Waals surface area contributed by atoms with E-state index in [1.807, 2.05) is 61.5 Å². The molecule has 0 fully saturated rings. The number of aryl methyl sites for hydroxylation is 1. The van der Waals surface area contributed by atoms with Gasteiger partial charge in [0.05, 0.1) is 36.0 Å². The number of hydrogen-bond acceptors (Lipinski definition) is 5. The van der Waals surface area contributed by atoms with Crippen LogP contribution in [0.3, 0.4) is 0 Å². The quantitative estimate of drug-likeness (QED) is 0.403. The smallest absolute Gasteiger partial charge is 0.233 e. The largest absolute Gasteiger partial charge is 0.497 e. The van der Waals surface area contributed by atoms with Crippen molar-refractivity contribution < 1.29 is 9.53 Å². The van der Waals surface area contributed by atoms with Crippen LogP contribution in [0.2, 0.25) is 5.02 Å². The van der Waals surface area contributed by atoms with E-state index < -0.39 is 0 Å². The number of carbonyl (C=O) groups excluding carboxylic acids is 1. The predicted molar refractivity (Wildman–Crippen MR) is 121 cm³/mol. The van der Waals surface area contributed by atoms with Crippen molar-refractivity contribution in [2.75, 3.05) is 12.0 Å². The summed E-state index contributed by atoms with van der Waals surface area (Å²) in [6.45, 7) is 2.29. The molecule has 0 unspecified atom stereocenters. The molecule has 2 aromatic heterocycles. The average molecular weight is 438 g/mol. The Bertz CT molecular complexity index is 1180. The molecule has 0 aliphatic rings. The molecule has 152 valence electrons. The molecule has 0 bridgehead atoms. The number of hydrogen-bond donors (Lipinski definition) is 0. The van der Waals surface area contributed by atoms with E-state index in [-0.39, 0.29) is 12.3 Å². The molecular weight excluding hydrogens is 418 g/mol. The second-order valence-corrected chi connectivity index (χ2v) is 8.26. The zero-order valence-corrected chi connectivity index (χ0v) is 18.2. The van der Waals surface area contributed by atoms with E-state index in [2.05, 4.69) is 4.98 Å². The van der Waals surface area contributed by atoms with Crippen LogP contribution >= 0.6 is 22.9 Å². The molecule has 0 N–H and O–H groups in total. The van der Waals surface area contributed by atoms with Crippen molar-refractivity contribution in [3.63, 3.8) is 0 Å². The van der Waals surface area contributed by atoms with Gasteiger partial charge < -0.3 is 4.74 Å². The topological polar surface area (TPSA) is 55.3 Å². The highest BCUT2D eigenvalue weighted by molar-refractivity contribution is 7.22. The van der Waals surface area contributed by atoms with Crippen LogP contribution < -0.4 is 9.64 Å². The first-order chi connectivity index (χ1) is 14.5.